The van der Waals surface area contributed by atoms with Gasteiger partial charge in [-0.3, -0.25) is 10.1 Å². The van der Waals surface area contributed by atoms with Crippen LogP contribution in [0.3, 0.4) is 0 Å². The molecule has 0 aliphatic rings. The topological polar surface area (TPSA) is 115 Å². The molecule has 0 fully saturated rings. The number of rotatable bonds is 11. The molecule has 10 heteroatoms. The summed E-state index contributed by atoms with van der Waals surface area (Å²) in [6.45, 7) is 6.76. The zero-order chi connectivity index (χ0) is 21.4. The molecule has 0 amide bonds. The second kappa shape index (κ2) is 10.2. The number of aromatic nitrogens is 1. The number of anilines is 1. The van der Waals surface area contributed by atoms with Crippen molar-refractivity contribution in [3.05, 3.63) is 52.2 Å². The molecule has 0 unspecified atom stereocenters. The third-order valence-corrected chi connectivity index (χ3v) is 6.32. The van der Waals surface area contributed by atoms with E-state index in [9.17, 15) is 18.5 Å². The molecule has 0 radical (unpaired) electrons. The Kier molecular flexibility index (Phi) is 7.91. The highest BCUT2D eigenvalue weighted by atomic mass is 32.2. The zero-order valence-electron chi connectivity index (χ0n) is 16.8. The molecule has 1 aromatic heterocycles. The van der Waals surface area contributed by atoms with Crippen molar-refractivity contribution in [1.82, 2.24) is 9.29 Å². The van der Waals surface area contributed by atoms with Crippen LogP contribution in [0.4, 0.5) is 11.4 Å². The Morgan fingerprint density at radius 2 is 1.93 bits per heavy atom. The molecule has 29 heavy (non-hydrogen) atoms. The number of nitro benzene ring substituents is 1. The summed E-state index contributed by atoms with van der Waals surface area (Å²) in [5.41, 5.74) is 0.659. The average molecular weight is 423 g/mol. The second-order valence-electron chi connectivity index (χ2n) is 6.20. The van der Waals surface area contributed by atoms with Crippen molar-refractivity contribution < 1.29 is 18.1 Å². The molecule has 0 bridgehead atoms. The summed E-state index contributed by atoms with van der Waals surface area (Å²) in [5.74, 6) is 0.463. The van der Waals surface area contributed by atoms with Crippen LogP contribution >= 0.6 is 0 Å². The van der Waals surface area contributed by atoms with Crippen molar-refractivity contribution >= 4 is 21.4 Å². The van der Waals surface area contributed by atoms with Crippen molar-refractivity contribution in [3.8, 4) is 5.88 Å². The SMILES string of the molecule is CCCOc1ncccc1CNc1ccc(S(=O)(=O)N(CC)CC)cc1[N+](=O)[O-]. The molecule has 158 valence electrons. The van der Waals surface area contributed by atoms with E-state index in [0.717, 1.165) is 18.1 Å². The average Bonchev–Trinajstić information content (AvgIpc) is 2.71. The van der Waals surface area contributed by atoms with Crippen LogP contribution in [-0.4, -0.2) is 42.3 Å². The first-order valence-electron chi connectivity index (χ1n) is 9.44. The number of sulfonamides is 1. The summed E-state index contributed by atoms with van der Waals surface area (Å²) >= 11 is 0. The maximum Gasteiger partial charge on any atom is 0.293 e. The zero-order valence-corrected chi connectivity index (χ0v) is 17.6. The van der Waals surface area contributed by atoms with E-state index in [2.05, 4.69) is 10.3 Å². The summed E-state index contributed by atoms with van der Waals surface area (Å²) in [7, 11) is -3.79. The third-order valence-electron chi connectivity index (χ3n) is 4.27. The van der Waals surface area contributed by atoms with Gasteiger partial charge in [-0.25, -0.2) is 13.4 Å². The first-order valence-corrected chi connectivity index (χ1v) is 10.9. The summed E-state index contributed by atoms with van der Waals surface area (Å²) in [4.78, 5) is 15.0. The molecule has 0 aliphatic carbocycles. The first-order chi connectivity index (χ1) is 13.8. The fourth-order valence-corrected chi connectivity index (χ4v) is 4.24. The van der Waals surface area contributed by atoms with Crippen molar-refractivity contribution in [3.63, 3.8) is 0 Å². The monoisotopic (exact) mass is 422 g/mol. The minimum absolute atomic E-state index is 0.105. The largest absolute Gasteiger partial charge is 0.477 e. The van der Waals surface area contributed by atoms with Crippen LogP contribution in [0.1, 0.15) is 32.8 Å². The summed E-state index contributed by atoms with van der Waals surface area (Å²) in [6, 6.07) is 7.45. The normalized spacial score (nSPS) is 11.4. The molecule has 9 nitrogen and oxygen atoms in total. The number of hydrogen-bond acceptors (Lipinski definition) is 7. The van der Waals surface area contributed by atoms with E-state index < -0.39 is 14.9 Å². The van der Waals surface area contributed by atoms with Gasteiger partial charge in [0.2, 0.25) is 15.9 Å². The van der Waals surface area contributed by atoms with Crippen molar-refractivity contribution in [2.24, 2.45) is 0 Å². The lowest BCUT2D eigenvalue weighted by Gasteiger charge is -2.18. The molecule has 0 spiro atoms. The number of pyridine rings is 1. The Labute approximate surface area is 170 Å². The van der Waals surface area contributed by atoms with Gasteiger partial charge in [-0.15, -0.1) is 0 Å². The number of hydrogen-bond donors (Lipinski definition) is 1. The Morgan fingerprint density at radius 1 is 1.21 bits per heavy atom. The molecule has 0 saturated carbocycles. The summed E-state index contributed by atoms with van der Waals surface area (Å²) < 4.78 is 32.2. The van der Waals surface area contributed by atoms with Crippen LogP contribution in [0.5, 0.6) is 5.88 Å². The third kappa shape index (κ3) is 5.42. The number of nitrogens with one attached hydrogen (secondary N) is 1. The van der Waals surface area contributed by atoms with Gasteiger partial charge in [-0.1, -0.05) is 26.8 Å². The summed E-state index contributed by atoms with van der Waals surface area (Å²) in [5, 5.41) is 14.5. The number of nitro groups is 1. The predicted molar refractivity (Wildman–Crippen MR) is 111 cm³/mol. The lowest BCUT2D eigenvalue weighted by Crippen LogP contribution is -2.30. The molecule has 1 aromatic carbocycles. The van der Waals surface area contributed by atoms with Crippen LogP contribution in [0.25, 0.3) is 0 Å². The fourth-order valence-electron chi connectivity index (χ4n) is 2.76. The van der Waals surface area contributed by atoms with Crippen LogP contribution in [-0.2, 0) is 16.6 Å². The maximum atomic E-state index is 12.7. The molecule has 2 aromatic rings. The van der Waals surface area contributed by atoms with Gasteiger partial charge in [-0.2, -0.15) is 4.31 Å². The highest BCUT2D eigenvalue weighted by molar-refractivity contribution is 7.89. The molecule has 0 atom stereocenters. The minimum Gasteiger partial charge on any atom is -0.477 e. The van der Waals surface area contributed by atoms with Crippen LogP contribution in [0.15, 0.2) is 41.4 Å². The van der Waals surface area contributed by atoms with E-state index in [4.69, 9.17) is 4.74 Å². The molecule has 2 rings (SSSR count). The van der Waals surface area contributed by atoms with Gasteiger partial charge in [0.15, 0.2) is 0 Å². The van der Waals surface area contributed by atoms with Crippen LogP contribution in [0.2, 0.25) is 0 Å². The molecule has 1 N–H and O–H groups in total. The molecular formula is C19H26N4O5S. The Morgan fingerprint density at radius 3 is 2.55 bits per heavy atom. The van der Waals surface area contributed by atoms with Gasteiger partial charge in [0.05, 0.1) is 16.4 Å². The van der Waals surface area contributed by atoms with E-state index >= 15 is 0 Å². The Balaban J connectivity index is 2.30. The van der Waals surface area contributed by atoms with Gasteiger partial charge >= 0.3 is 0 Å². The fraction of sp³-hybridized carbons (Fsp3) is 0.421. The van der Waals surface area contributed by atoms with Crippen molar-refractivity contribution in [2.45, 2.75) is 38.6 Å². The van der Waals surface area contributed by atoms with Crippen molar-refractivity contribution in [1.29, 1.82) is 0 Å². The number of benzene rings is 1. The molecular weight excluding hydrogens is 396 g/mol. The highest BCUT2D eigenvalue weighted by Crippen LogP contribution is 2.30. The molecule has 0 aliphatic heterocycles. The van der Waals surface area contributed by atoms with E-state index in [1.54, 1.807) is 26.1 Å². The quantitative estimate of drug-likeness (QED) is 0.436. The van der Waals surface area contributed by atoms with Gasteiger partial charge in [0.25, 0.3) is 5.69 Å². The van der Waals surface area contributed by atoms with E-state index in [-0.39, 0.29) is 35.9 Å². The summed E-state index contributed by atoms with van der Waals surface area (Å²) in [6.07, 6.45) is 2.45. The van der Waals surface area contributed by atoms with E-state index in [0.29, 0.717) is 12.5 Å². The van der Waals surface area contributed by atoms with Gasteiger partial charge < -0.3 is 10.1 Å². The van der Waals surface area contributed by atoms with Gasteiger partial charge in [0.1, 0.15) is 5.69 Å². The molecule has 0 saturated heterocycles. The number of nitrogens with zero attached hydrogens (tertiary/aromatic N) is 3. The minimum atomic E-state index is -3.79. The highest BCUT2D eigenvalue weighted by Gasteiger charge is 2.25. The Bertz CT molecular complexity index is 945. The van der Waals surface area contributed by atoms with E-state index in [1.807, 2.05) is 13.0 Å². The van der Waals surface area contributed by atoms with Gasteiger partial charge in [0, 0.05) is 37.5 Å². The number of ether oxygens (including phenoxy) is 1. The second-order valence-corrected chi connectivity index (χ2v) is 8.13. The maximum absolute atomic E-state index is 12.7. The lowest BCUT2D eigenvalue weighted by molar-refractivity contribution is -0.384. The predicted octanol–water partition coefficient (Wildman–Crippen LogP) is 3.42. The van der Waals surface area contributed by atoms with Crippen LogP contribution in [0, 0.1) is 10.1 Å². The smallest absolute Gasteiger partial charge is 0.293 e. The standard InChI is InChI=1S/C19H26N4O5S/c1-4-12-28-19-15(8-7-11-20-19)14-21-17-10-9-16(13-18(17)23(24)25)29(26,27)22(5-2)6-3/h7-11,13,21H,4-6,12,14H2,1-3H3. The van der Waals surface area contributed by atoms with E-state index in [1.165, 1.54) is 16.4 Å². The molecule has 1 heterocycles. The van der Waals surface area contributed by atoms with Gasteiger partial charge in [-0.05, 0) is 24.6 Å². The van der Waals surface area contributed by atoms with Crippen molar-refractivity contribution in [2.75, 3.05) is 25.0 Å². The van der Waals surface area contributed by atoms with Crippen LogP contribution < -0.4 is 10.1 Å². The lowest BCUT2D eigenvalue weighted by atomic mass is 10.2. The first kappa shape index (κ1) is 22.6. The Hall–Kier alpha value is -2.72.